The second-order valence-electron chi connectivity index (χ2n) is 3.49. The van der Waals surface area contributed by atoms with Crippen molar-refractivity contribution in [1.82, 2.24) is 0 Å². The van der Waals surface area contributed by atoms with E-state index in [1.165, 1.54) is 17.4 Å². The molecule has 1 heterocycles. The molecule has 0 aliphatic carbocycles. The van der Waals surface area contributed by atoms with Gasteiger partial charge in [0.25, 0.3) is 0 Å². The van der Waals surface area contributed by atoms with Crippen LogP contribution in [0.3, 0.4) is 0 Å². The Hall–Kier alpha value is -0.710. The summed E-state index contributed by atoms with van der Waals surface area (Å²) in [5, 5.41) is 0. The molecule has 0 saturated heterocycles. The molecule has 0 spiro atoms. The molecule has 0 aliphatic rings. The lowest BCUT2D eigenvalue weighted by Crippen LogP contribution is -1.97. The van der Waals surface area contributed by atoms with Crippen LogP contribution in [0.15, 0.2) is 28.1 Å². The number of hydrogen-bond acceptors (Lipinski definition) is 2. The van der Waals surface area contributed by atoms with Gasteiger partial charge in [0.05, 0.1) is 3.79 Å². The van der Waals surface area contributed by atoms with E-state index in [1.807, 2.05) is 13.0 Å². The Balaban J connectivity index is 2.62. The van der Waals surface area contributed by atoms with E-state index in [-0.39, 0.29) is 5.82 Å². The van der Waals surface area contributed by atoms with E-state index < -0.39 is 0 Å². The number of thiophene rings is 1. The summed E-state index contributed by atoms with van der Waals surface area (Å²) in [7, 11) is 0. The molecule has 2 N–H and O–H groups in total. The van der Waals surface area contributed by atoms with Crippen LogP contribution < -0.4 is 5.73 Å². The Morgan fingerprint density at radius 1 is 1.38 bits per heavy atom. The summed E-state index contributed by atoms with van der Waals surface area (Å²) in [6, 6.07) is 6.81. The van der Waals surface area contributed by atoms with Crippen molar-refractivity contribution in [3.8, 4) is 10.4 Å². The van der Waals surface area contributed by atoms with Gasteiger partial charge in [-0.1, -0.05) is 18.2 Å². The molecule has 0 amide bonds. The maximum Gasteiger partial charge on any atom is 0.131 e. The second-order valence-corrected chi connectivity index (χ2v) is 5.83. The van der Waals surface area contributed by atoms with Gasteiger partial charge >= 0.3 is 0 Å². The van der Waals surface area contributed by atoms with Gasteiger partial charge in [0.2, 0.25) is 0 Å². The fourth-order valence-corrected chi connectivity index (χ4v) is 3.68. The monoisotopic (exact) mass is 299 g/mol. The minimum absolute atomic E-state index is 0.192. The summed E-state index contributed by atoms with van der Waals surface area (Å²) in [5.41, 5.74) is 8.43. The van der Waals surface area contributed by atoms with Gasteiger partial charge in [0.1, 0.15) is 5.82 Å². The summed E-state index contributed by atoms with van der Waals surface area (Å²) in [6.45, 7) is 2.45. The van der Waals surface area contributed by atoms with Gasteiger partial charge in [0, 0.05) is 17.0 Å². The average molecular weight is 300 g/mol. The molecule has 0 fully saturated rings. The van der Waals surface area contributed by atoms with Crippen LogP contribution in [-0.4, -0.2) is 0 Å². The van der Waals surface area contributed by atoms with E-state index in [1.54, 1.807) is 12.1 Å². The van der Waals surface area contributed by atoms with Gasteiger partial charge < -0.3 is 5.73 Å². The summed E-state index contributed by atoms with van der Waals surface area (Å²) < 4.78 is 14.7. The fourth-order valence-electron chi connectivity index (χ4n) is 1.65. The summed E-state index contributed by atoms with van der Waals surface area (Å²) in [5.74, 6) is -0.192. The second kappa shape index (κ2) is 4.65. The fraction of sp³-hybridized carbons (Fsp3) is 0.167. The Morgan fingerprint density at radius 3 is 2.62 bits per heavy atom. The van der Waals surface area contributed by atoms with E-state index in [4.69, 9.17) is 5.73 Å². The molecule has 2 aromatic rings. The molecule has 16 heavy (non-hydrogen) atoms. The molecule has 0 unspecified atom stereocenters. The lowest BCUT2D eigenvalue weighted by atomic mass is 10.1. The van der Waals surface area contributed by atoms with Gasteiger partial charge in [-0.15, -0.1) is 11.3 Å². The minimum atomic E-state index is -0.192. The van der Waals surface area contributed by atoms with Gasteiger partial charge in [-0.3, -0.25) is 0 Å². The molecule has 1 aromatic heterocycles. The maximum absolute atomic E-state index is 13.7. The smallest absolute Gasteiger partial charge is 0.131 e. The van der Waals surface area contributed by atoms with Crippen molar-refractivity contribution in [3.05, 3.63) is 45.0 Å². The average Bonchev–Trinajstić information content (AvgIpc) is 2.55. The molecule has 4 heteroatoms. The van der Waals surface area contributed by atoms with Crippen LogP contribution in [-0.2, 0) is 6.54 Å². The van der Waals surface area contributed by atoms with E-state index in [2.05, 4.69) is 15.9 Å². The Morgan fingerprint density at radius 2 is 2.06 bits per heavy atom. The number of halogens is 2. The Kier molecular flexibility index (Phi) is 3.42. The molecule has 2 rings (SSSR count). The van der Waals surface area contributed by atoms with Crippen LogP contribution in [0.5, 0.6) is 0 Å². The normalized spacial score (nSPS) is 10.8. The molecule has 0 bridgehead atoms. The van der Waals surface area contributed by atoms with Crippen LogP contribution in [0.2, 0.25) is 0 Å². The molecule has 1 nitrogen and oxygen atoms in total. The van der Waals surface area contributed by atoms with E-state index in [0.717, 1.165) is 19.8 Å². The molecular weight excluding hydrogens is 289 g/mol. The number of rotatable bonds is 2. The minimum Gasteiger partial charge on any atom is -0.326 e. The highest BCUT2D eigenvalue weighted by atomic mass is 79.9. The van der Waals surface area contributed by atoms with Crippen molar-refractivity contribution in [2.45, 2.75) is 13.5 Å². The molecule has 0 aliphatic heterocycles. The topological polar surface area (TPSA) is 26.0 Å². The third-order valence-electron chi connectivity index (χ3n) is 2.54. The third-order valence-corrected chi connectivity index (χ3v) is 4.66. The maximum atomic E-state index is 13.7. The molecule has 0 radical (unpaired) electrons. The van der Waals surface area contributed by atoms with Crippen molar-refractivity contribution >= 4 is 27.3 Å². The van der Waals surface area contributed by atoms with Crippen molar-refractivity contribution in [2.75, 3.05) is 0 Å². The first-order chi connectivity index (χ1) is 7.65. The summed E-state index contributed by atoms with van der Waals surface area (Å²) in [6.07, 6.45) is 0. The van der Waals surface area contributed by atoms with Gasteiger partial charge in [0.15, 0.2) is 0 Å². The van der Waals surface area contributed by atoms with Crippen molar-refractivity contribution in [1.29, 1.82) is 0 Å². The number of nitrogens with two attached hydrogens (primary N) is 1. The Labute approximate surface area is 106 Å². The molecule has 84 valence electrons. The number of benzene rings is 1. The van der Waals surface area contributed by atoms with E-state index in [9.17, 15) is 4.39 Å². The lowest BCUT2D eigenvalue weighted by molar-refractivity contribution is 0.631. The first-order valence-corrected chi connectivity index (χ1v) is 6.48. The van der Waals surface area contributed by atoms with Crippen molar-refractivity contribution in [3.63, 3.8) is 0 Å². The van der Waals surface area contributed by atoms with Crippen LogP contribution in [0.4, 0.5) is 4.39 Å². The van der Waals surface area contributed by atoms with Gasteiger partial charge in [-0.2, -0.15) is 0 Å². The first kappa shape index (κ1) is 11.8. The molecular formula is C12H11BrFNS. The zero-order valence-electron chi connectivity index (χ0n) is 8.76. The Bertz CT molecular complexity index is 522. The highest BCUT2D eigenvalue weighted by Gasteiger charge is 2.15. The zero-order valence-corrected chi connectivity index (χ0v) is 11.2. The summed E-state index contributed by atoms with van der Waals surface area (Å²) in [4.78, 5) is 0.949. The number of hydrogen-bond donors (Lipinski definition) is 1. The van der Waals surface area contributed by atoms with Crippen LogP contribution in [0.25, 0.3) is 10.4 Å². The SMILES string of the molecule is Cc1c(-c2ccccc2F)sc(Br)c1CN. The predicted octanol–water partition coefficient (Wildman–Crippen LogP) is 4.08. The van der Waals surface area contributed by atoms with Gasteiger partial charge in [-0.25, -0.2) is 4.39 Å². The third kappa shape index (κ3) is 1.93. The standard InChI is InChI=1S/C12H11BrFNS/c1-7-9(6-15)12(13)16-11(7)8-4-2-3-5-10(8)14/h2-5H,6,15H2,1H3. The van der Waals surface area contributed by atoms with Crippen molar-refractivity contribution in [2.24, 2.45) is 5.73 Å². The van der Waals surface area contributed by atoms with E-state index >= 15 is 0 Å². The molecule has 0 atom stereocenters. The first-order valence-electron chi connectivity index (χ1n) is 4.88. The zero-order chi connectivity index (χ0) is 11.7. The predicted molar refractivity (Wildman–Crippen MR) is 70.0 cm³/mol. The van der Waals surface area contributed by atoms with E-state index in [0.29, 0.717) is 12.1 Å². The highest BCUT2D eigenvalue weighted by Crippen LogP contribution is 2.40. The van der Waals surface area contributed by atoms with Crippen LogP contribution in [0.1, 0.15) is 11.1 Å². The quantitative estimate of drug-likeness (QED) is 0.888. The largest absolute Gasteiger partial charge is 0.326 e. The van der Waals surface area contributed by atoms with Crippen LogP contribution in [0, 0.1) is 12.7 Å². The molecule has 0 saturated carbocycles. The van der Waals surface area contributed by atoms with Gasteiger partial charge in [-0.05, 0) is 40.0 Å². The molecule has 1 aromatic carbocycles. The lowest BCUT2D eigenvalue weighted by Gasteiger charge is -2.02. The highest BCUT2D eigenvalue weighted by molar-refractivity contribution is 9.11. The van der Waals surface area contributed by atoms with Crippen LogP contribution >= 0.6 is 27.3 Å². The van der Waals surface area contributed by atoms with Crippen molar-refractivity contribution < 1.29 is 4.39 Å². The summed E-state index contributed by atoms with van der Waals surface area (Å²) >= 11 is 5.00.